The van der Waals surface area contributed by atoms with E-state index in [0.717, 1.165) is 47.6 Å². The van der Waals surface area contributed by atoms with Crippen molar-refractivity contribution in [1.82, 2.24) is 19.9 Å². The molecule has 2 aromatic heterocycles. The van der Waals surface area contributed by atoms with E-state index in [1.165, 1.54) is 0 Å². The number of imidazole rings is 1. The number of ether oxygens (including phenoxy) is 1. The number of amides is 1. The molecule has 0 atom stereocenters. The molecule has 0 saturated heterocycles. The Bertz CT molecular complexity index is 1170. The number of carbonyl (C=O) groups excluding carboxylic acids is 1. The molecule has 0 fully saturated rings. The Morgan fingerprint density at radius 2 is 1.81 bits per heavy atom. The van der Waals surface area contributed by atoms with E-state index >= 15 is 0 Å². The number of pyridine rings is 1. The van der Waals surface area contributed by atoms with E-state index in [1.807, 2.05) is 42.5 Å². The van der Waals surface area contributed by atoms with Gasteiger partial charge in [-0.15, -0.1) is 0 Å². The van der Waals surface area contributed by atoms with E-state index in [9.17, 15) is 4.79 Å². The van der Waals surface area contributed by atoms with Crippen LogP contribution in [0, 0.1) is 6.92 Å². The molecule has 4 aromatic rings. The first-order valence-electron chi connectivity index (χ1n) is 11.0. The highest BCUT2D eigenvalue weighted by atomic mass is 16.5. The molecular weight excluding hydrogens is 400 g/mol. The topological polar surface area (TPSA) is 69.0 Å². The highest BCUT2D eigenvalue weighted by Crippen LogP contribution is 2.19. The van der Waals surface area contributed by atoms with Gasteiger partial charge in [-0.05, 0) is 55.7 Å². The molecule has 0 bridgehead atoms. The number of nitrogens with zero attached hydrogens (tertiary/aromatic N) is 3. The quantitative estimate of drug-likeness (QED) is 0.376. The van der Waals surface area contributed by atoms with Crippen LogP contribution in [0.5, 0.6) is 5.75 Å². The second-order valence-corrected chi connectivity index (χ2v) is 7.71. The minimum atomic E-state index is -0.165. The molecule has 4 rings (SSSR count). The lowest BCUT2D eigenvalue weighted by Crippen LogP contribution is -2.27. The van der Waals surface area contributed by atoms with Crippen LogP contribution in [-0.2, 0) is 13.0 Å². The van der Waals surface area contributed by atoms with Gasteiger partial charge in [0.15, 0.2) is 0 Å². The lowest BCUT2D eigenvalue weighted by Gasteiger charge is -2.11. The summed E-state index contributed by atoms with van der Waals surface area (Å²) in [6.07, 6.45) is 4.22. The summed E-state index contributed by atoms with van der Waals surface area (Å²) >= 11 is 0. The van der Waals surface area contributed by atoms with Gasteiger partial charge >= 0.3 is 0 Å². The number of unbranched alkanes of at least 4 members (excludes halogenated alkanes) is 1. The molecule has 0 saturated carbocycles. The SMILES string of the molecule is Cc1ccccc1OCCCCn1c(CCNC(=O)c2ccccn2)nc2ccccc21. The maximum absolute atomic E-state index is 12.3. The third-order valence-corrected chi connectivity index (χ3v) is 5.39. The highest BCUT2D eigenvalue weighted by molar-refractivity contribution is 5.92. The molecule has 0 radical (unpaired) electrons. The van der Waals surface area contributed by atoms with Crippen LogP contribution in [0.4, 0.5) is 0 Å². The molecule has 6 heteroatoms. The molecule has 2 heterocycles. The van der Waals surface area contributed by atoms with Gasteiger partial charge in [0.05, 0.1) is 17.6 Å². The van der Waals surface area contributed by atoms with Crippen LogP contribution in [0.15, 0.2) is 72.9 Å². The predicted molar refractivity (Wildman–Crippen MR) is 126 cm³/mol. The van der Waals surface area contributed by atoms with Gasteiger partial charge in [0.2, 0.25) is 0 Å². The summed E-state index contributed by atoms with van der Waals surface area (Å²) in [6.45, 7) is 4.12. The first-order valence-corrected chi connectivity index (χ1v) is 11.0. The monoisotopic (exact) mass is 428 g/mol. The number of hydrogen-bond donors (Lipinski definition) is 1. The standard InChI is InChI=1S/C26H28N4O2/c1-20-10-2-5-14-24(20)32-19-9-8-18-30-23-13-4-3-11-21(23)29-25(30)15-17-28-26(31)22-12-6-7-16-27-22/h2-7,10-14,16H,8-9,15,17-19H2,1H3,(H,28,31). The van der Waals surface area contributed by atoms with Crippen molar-refractivity contribution in [3.05, 3.63) is 90.0 Å². The number of para-hydroxylation sites is 3. The molecular formula is C26H28N4O2. The van der Waals surface area contributed by atoms with Crippen molar-refractivity contribution in [2.75, 3.05) is 13.2 Å². The fraction of sp³-hybridized carbons (Fsp3) is 0.269. The summed E-state index contributed by atoms with van der Waals surface area (Å²) < 4.78 is 8.19. The zero-order valence-electron chi connectivity index (χ0n) is 18.3. The van der Waals surface area contributed by atoms with Gasteiger partial charge in [0, 0.05) is 25.7 Å². The zero-order valence-corrected chi connectivity index (χ0v) is 18.3. The van der Waals surface area contributed by atoms with E-state index in [0.29, 0.717) is 25.3 Å². The fourth-order valence-electron chi connectivity index (χ4n) is 3.71. The number of rotatable bonds is 10. The van der Waals surface area contributed by atoms with Gasteiger partial charge in [0.1, 0.15) is 17.3 Å². The second-order valence-electron chi connectivity index (χ2n) is 7.71. The molecule has 6 nitrogen and oxygen atoms in total. The smallest absolute Gasteiger partial charge is 0.269 e. The second kappa shape index (κ2) is 10.6. The molecule has 0 aliphatic heterocycles. The van der Waals surface area contributed by atoms with Gasteiger partial charge < -0.3 is 14.6 Å². The van der Waals surface area contributed by atoms with Gasteiger partial charge in [-0.3, -0.25) is 9.78 Å². The van der Waals surface area contributed by atoms with E-state index in [4.69, 9.17) is 9.72 Å². The van der Waals surface area contributed by atoms with Crippen LogP contribution in [0.1, 0.15) is 34.7 Å². The summed E-state index contributed by atoms with van der Waals surface area (Å²) in [4.78, 5) is 21.2. The van der Waals surface area contributed by atoms with Crippen molar-refractivity contribution in [2.45, 2.75) is 32.7 Å². The maximum atomic E-state index is 12.3. The van der Waals surface area contributed by atoms with Crippen LogP contribution in [-0.4, -0.2) is 33.6 Å². The van der Waals surface area contributed by atoms with Gasteiger partial charge in [-0.1, -0.05) is 36.4 Å². The average Bonchev–Trinajstić information content (AvgIpc) is 3.18. The van der Waals surface area contributed by atoms with Crippen molar-refractivity contribution >= 4 is 16.9 Å². The largest absolute Gasteiger partial charge is 0.493 e. The number of hydrogen-bond acceptors (Lipinski definition) is 4. The Labute approximate surface area is 188 Å². The minimum Gasteiger partial charge on any atom is -0.493 e. The van der Waals surface area contributed by atoms with E-state index in [-0.39, 0.29) is 5.91 Å². The van der Waals surface area contributed by atoms with Crippen molar-refractivity contribution in [3.63, 3.8) is 0 Å². The third kappa shape index (κ3) is 5.32. The average molecular weight is 429 g/mol. The van der Waals surface area contributed by atoms with Crippen LogP contribution in [0.3, 0.4) is 0 Å². The van der Waals surface area contributed by atoms with Crippen LogP contribution in [0.2, 0.25) is 0 Å². The molecule has 0 unspecified atom stereocenters. The summed E-state index contributed by atoms with van der Waals surface area (Å²) in [5.41, 5.74) is 3.69. The Balaban J connectivity index is 1.34. The number of nitrogens with one attached hydrogen (secondary N) is 1. The number of fused-ring (bicyclic) bond motifs is 1. The number of benzene rings is 2. The molecule has 0 aliphatic carbocycles. The van der Waals surface area contributed by atoms with Crippen LogP contribution in [0.25, 0.3) is 11.0 Å². The predicted octanol–water partition coefficient (Wildman–Crippen LogP) is 4.57. The molecule has 1 N–H and O–H groups in total. The molecule has 1 amide bonds. The van der Waals surface area contributed by atoms with Crippen molar-refractivity contribution in [1.29, 1.82) is 0 Å². The number of aryl methyl sites for hydroxylation is 2. The maximum Gasteiger partial charge on any atom is 0.269 e. The van der Waals surface area contributed by atoms with Gasteiger partial charge in [-0.25, -0.2) is 4.98 Å². The Morgan fingerprint density at radius 1 is 1.00 bits per heavy atom. The molecule has 2 aromatic carbocycles. The molecule has 32 heavy (non-hydrogen) atoms. The summed E-state index contributed by atoms with van der Waals surface area (Å²) in [6, 6.07) is 21.6. The summed E-state index contributed by atoms with van der Waals surface area (Å²) in [5.74, 6) is 1.76. The van der Waals surface area contributed by atoms with Crippen molar-refractivity contribution in [3.8, 4) is 5.75 Å². The van der Waals surface area contributed by atoms with E-state index in [2.05, 4.69) is 33.9 Å². The Kier molecular flexibility index (Phi) is 7.12. The van der Waals surface area contributed by atoms with Crippen molar-refractivity contribution in [2.24, 2.45) is 0 Å². The lowest BCUT2D eigenvalue weighted by molar-refractivity contribution is 0.0949. The minimum absolute atomic E-state index is 0.165. The summed E-state index contributed by atoms with van der Waals surface area (Å²) in [5, 5.41) is 2.94. The lowest BCUT2D eigenvalue weighted by atomic mass is 10.2. The highest BCUT2D eigenvalue weighted by Gasteiger charge is 2.12. The Morgan fingerprint density at radius 3 is 2.66 bits per heavy atom. The first-order chi connectivity index (χ1) is 15.7. The van der Waals surface area contributed by atoms with E-state index in [1.54, 1.807) is 18.3 Å². The van der Waals surface area contributed by atoms with Gasteiger partial charge in [-0.2, -0.15) is 0 Å². The number of carbonyl (C=O) groups is 1. The van der Waals surface area contributed by atoms with Crippen molar-refractivity contribution < 1.29 is 9.53 Å². The third-order valence-electron chi connectivity index (χ3n) is 5.39. The first kappa shape index (κ1) is 21.6. The van der Waals surface area contributed by atoms with Crippen LogP contribution < -0.4 is 10.1 Å². The van der Waals surface area contributed by atoms with Crippen LogP contribution >= 0.6 is 0 Å². The molecule has 164 valence electrons. The summed E-state index contributed by atoms with van der Waals surface area (Å²) in [7, 11) is 0. The Hall–Kier alpha value is -3.67. The number of aromatic nitrogens is 3. The van der Waals surface area contributed by atoms with E-state index < -0.39 is 0 Å². The molecule has 0 spiro atoms. The zero-order chi connectivity index (χ0) is 22.2. The molecule has 0 aliphatic rings. The fourth-order valence-corrected chi connectivity index (χ4v) is 3.71. The normalized spacial score (nSPS) is 10.9. The van der Waals surface area contributed by atoms with Gasteiger partial charge in [0.25, 0.3) is 5.91 Å².